The maximum atomic E-state index is 14.0. The standard InChI is InChI=1S/C14H20FN3O/c1-9-4-3-5-10(8-9)18-14(19)11-6-7-17-13(16-2)12(11)15/h6-7,9-10H,3-5,8H2,1-2H3,(H,16,17)(H,18,19). The van der Waals surface area contributed by atoms with Gasteiger partial charge in [0.05, 0.1) is 5.56 Å². The molecule has 19 heavy (non-hydrogen) atoms. The van der Waals surface area contributed by atoms with Gasteiger partial charge in [-0.15, -0.1) is 0 Å². The topological polar surface area (TPSA) is 54.0 Å². The quantitative estimate of drug-likeness (QED) is 0.883. The van der Waals surface area contributed by atoms with Gasteiger partial charge in [-0.3, -0.25) is 4.79 Å². The summed E-state index contributed by atoms with van der Waals surface area (Å²) in [4.78, 5) is 15.9. The Balaban J connectivity index is 2.07. The van der Waals surface area contributed by atoms with Crippen molar-refractivity contribution in [1.82, 2.24) is 10.3 Å². The van der Waals surface area contributed by atoms with Gasteiger partial charge in [0.15, 0.2) is 11.6 Å². The van der Waals surface area contributed by atoms with Crippen LogP contribution in [0, 0.1) is 11.7 Å². The maximum absolute atomic E-state index is 14.0. The molecule has 0 aliphatic heterocycles. The summed E-state index contributed by atoms with van der Waals surface area (Å²) in [5.41, 5.74) is 0.0533. The molecule has 0 aromatic carbocycles. The molecule has 1 aliphatic rings. The van der Waals surface area contributed by atoms with Crippen LogP contribution in [0.5, 0.6) is 0 Å². The Morgan fingerprint density at radius 1 is 1.47 bits per heavy atom. The van der Waals surface area contributed by atoms with Gasteiger partial charge in [0.1, 0.15) is 0 Å². The number of hydrogen-bond acceptors (Lipinski definition) is 3. The fourth-order valence-electron chi connectivity index (χ4n) is 2.62. The van der Waals surface area contributed by atoms with Crippen LogP contribution in [-0.4, -0.2) is 24.0 Å². The molecule has 5 heteroatoms. The highest BCUT2D eigenvalue weighted by Gasteiger charge is 2.23. The maximum Gasteiger partial charge on any atom is 0.254 e. The lowest BCUT2D eigenvalue weighted by atomic mass is 9.87. The fourth-order valence-corrected chi connectivity index (χ4v) is 2.62. The Kier molecular flexibility index (Phi) is 4.35. The van der Waals surface area contributed by atoms with Gasteiger partial charge in [0.2, 0.25) is 0 Å². The zero-order valence-electron chi connectivity index (χ0n) is 11.4. The number of aromatic nitrogens is 1. The number of nitrogens with zero attached hydrogens (tertiary/aromatic N) is 1. The zero-order valence-corrected chi connectivity index (χ0v) is 11.4. The summed E-state index contributed by atoms with van der Waals surface area (Å²) in [5.74, 6) is -0.222. The molecular weight excluding hydrogens is 245 g/mol. The second-order valence-corrected chi connectivity index (χ2v) is 5.21. The summed E-state index contributed by atoms with van der Waals surface area (Å²) >= 11 is 0. The molecule has 1 fully saturated rings. The minimum Gasteiger partial charge on any atom is -0.371 e. The number of rotatable bonds is 3. The van der Waals surface area contributed by atoms with Gasteiger partial charge in [-0.25, -0.2) is 9.37 Å². The third-order valence-electron chi connectivity index (χ3n) is 3.64. The SMILES string of the molecule is CNc1nccc(C(=O)NC2CCCC(C)C2)c1F. The molecule has 4 nitrogen and oxygen atoms in total. The van der Waals surface area contributed by atoms with Gasteiger partial charge >= 0.3 is 0 Å². The molecule has 2 atom stereocenters. The van der Waals surface area contributed by atoms with Crippen LogP contribution in [0.1, 0.15) is 43.0 Å². The van der Waals surface area contributed by atoms with Crippen molar-refractivity contribution in [1.29, 1.82) is 0 Å². The van der Waals surface area contributed by atoms with Crippen LogP contribution in [0.4, 0.5) is 10.2 Å². The van der Waals surface area contributed by atoms with Crippen LogP contribution in [0.2, 0.25) is 0 Å². The first-order valence-corrected chi connectivity index (χ1v) is 6.75. The monoisotopic (exact) mass is 265 g/mol. The number of halogens is 1. The van der Waals surface area contributed by atoms with E-state index < -0.39 is 5.82 Å². The first kappa shape index (κ1) is 13.8. The van der Waals surface area contributed by atoms with Crippen LogP contribution in [0.3, 0.4) is 0 Å². The van der Waals surface area contributed by atoms with Crippen LogP contribution in [0.15, 0.2) is 12.3 Å². The van der Waals surface area contributed by atoms with E-state index in [2.05, 4.69) is 22.5 Å². The van der Waals surface area contributed by atoms with Crippen molar-refractivity contribution >= 4 is 11.7 Å². The van der Waals surface area contributed by atoms with E-state index >= 15 is 0 Å². The van der Waals surface area contributed by atoms with E-state index in [0.717, 1.165) is 19.3 Å². The highest BCUT2D eigenvalue weighted by Crippen LogP contribution is 2.24. The number of pyridine rings is 1. The predicted molar refractivity (Wildman–Crippen MR) is 72.6 cm³/mol. The van der Waals surface area contributed by atoms with Crippen LogP contribution < -0.4 is 10.6 Å². The smallest absolute Gasteiger partial charge is 0.254 e. The van der Waals surface area contributed by atoms with Gasteiger partial charge in [-0.05, 0) is 24.8 Å². The van der Waals surface area contributed by atoms with Crippen LogP contribution >= 0.6 is 0 Å². The summed E-state index contributed by atoms with van der Waals surface area (Å²) < 4.78 is 14.0. The lowest BCUT2D eigenvalue weighted by Crippen LogP contribution is -2.38. The molecule has 104 valence electrons. The number of anilines is 1. The third-order valence-corrected chi connectivity index (χ3v) is 3.64. The van der Waals surface area contributed by atoms with Gasteiger partial charge in [0.25, 0.3) is 5.91 Å². The zero-order chi connectivity index (χ0) is 13.8. The second kappa shape index (κ2) is 5.99. The van der Waals surface area contributed by atoms with Crippen molar-refractivity contribution < 1.29 is 9.18 Å². The van der Waals surface area contributed by atoms with Crippen molar-refractivity contribution in [3.05, 3.63) is 23.6 Å². The number of carbonyl (C=O) groups is 1. The van der Waals surface area contributed by atoms with Crippen molar-refractivity contribution in [2.24, 2.45) is 5.92 Å². The van der Waals surface area contributed by atoms with E-state index in [0.29, 0.717) is 5.92 Å². The number of nitrogens with one attached hydrogen (secondary N) is 2. The molecule has 0 saturated heterocycles. The Morgan fingerprint density at radius 3 is 2.95 bits per heavy atom. The van der Waals surface area contributed by atoms with E-state index in [4.69, 9.17) is 0 Å². The molecule has 0 radical (unpaired) electrons. The van der Waals surface area contributed by atoms with E-state index in [1.54, 1.807) is 7.05 Å². The largest absolute Gasteiger partial charge is 0.371 e. The fraction of sp³-hybridized carbons (Fsp3) is 0.571. The first-order valence-electron chi connectivity index (χ1n) is 6.75. The summed E-state index contributed by atoms with van der Waals surface area (Å²) in [6.07, 6.45) is 5.71. The lowest BCUT2D eigenvalue weighted by Gasteiger charge is -2.27. The molecule has 1 saturated carbocycles. The third kappa shape index (κ3) is 3.22. The highest BCUT2D eigenvalue weighted by molar-refractivity contribution is 5.95. The van der Waals surface area contributed by atoms with Crippen LogP contribution in [0.25, 0.3) is 0 Å². The Labute approximate surface area is 112 Å². The van der Waals surface area contributed by atoms with Gasteiger partial charge in [-0.2, -0.15) is 0 Å². The molecule has 1 amide bonds. The average Bonchev–Trinajstić information content (AvgIpc) is 2.39. The number of hydrogen-bond donors (Lipinski definition) is 2. The van der Waals surface area contributed by atoms with Crippen molar-refractivity contribution in [3.63, 3.8) is 0 Å². The molecule has 2 rings (SSSR count). The molecule has 1 aromatic heterocycles. The summed E-state index contributed by atoms with van der Waals surface area (Å²) in [7, 11) is 1.58. The highest BCUT2D eigenvalue weighted by atomic mass is 19.1. The minimum absolute atomic E-state index is 0.0533. The van der Waals surface area contributed by atoms with E-state index in [1.165, 1.54) is 18.7 Å². The van der Waals surface area contributed by atoms with Crippen molar-refractivity contribution in [2.75, 3.05) is 12.4 Å². The van der Waals surface area contributed by atoms with E-state index in [1.807, 2.05) is 0 Å². The molecule has 0 bridgehead atoms. The first-order chi connectivity index (χ1) is 9.11. The second-order valence-electron chi connectivity index (χ2n) is 5.21. The van der Waals surface area contributed by atoms with Gasteiger partial charge < -0.3 is 10.6 Å². The van der Waals surface area contributed by atoms with Crippen LogP contribution in [-0.2, 0) is 0 Å². The molecule has 0 spiro atoms. The van der Waals surface area contributed by atoms with E-state index in [9.17, 15) is 9.18 Å². The summed E-state index contributed by atoms with van der Waals surface area (Å²) in [6.45, 7) is 2.18. The predicted octanol–water partition coefficient (Wildman–Crippen LogP) is 2.57. The van der Waals surface area contributed by atoms with Crippen molar-refractivity contribution in [2.45, 2.75) is 38.6 Å². The molecule has 1 heterocycles. The van der Waals surface area contributed by atoms with Gasteiger partial charge in [0, 0.05) is 19.3 Å². The Hall–Kier alpha value is -1.65. The molecule has 1 aromatic rings. The van der Waals surface area contributed by atoms with Gasteiger partial charge in [-0.1, -0.05) is 19.8 Å². The van der Waals surface area contributed by atoms with Crippen molar-refractivity contribution in [3.8, 4) is 0 Å². The Morgan fingerprint density at radius 2 is 2.26 bits per heavy atom. The summed E-state index contributed by atoms with van der Waals surface area (Å²) in [6, 6.07) is 1.57. The number of amides is 1. The molecule has 2 unspecified atom stereocenters. The molecular formula is C14H20FN3O. The summed E-state index contributed by atoms with van der Waals surface area (Å²) in [5, 5.41) is 5.56. The normalized spacial score (nSPS) is 22.9. The molecule has 1 aliphatic carbocycles. The lowest BCUT2D eigenvalue weighted by molar-refractivity contribution is 0.0917. The Bertz CT molecular complexity index is 464. The average molecular weight is 265 g/mol. The minimum atomic E-state index is -0.591. The number of carbonyl (C=O) groups excluding carboxylic acids is 1. The van der Waals surface area contributed by atoms with E-state index in [-0.39, 0.29) is 23.3 Å². The molecule has 2 N–H and O–H groups in total.